The third-order valence-corrected chi connectivity index (χ3v) is 3.61. The van der Waals surface area contributed by atoms with E-state index in [4.69, 9.17) is 0 Å². The molecule has 2 rings (SSSR count). The van der Waals surface area contributed by atoms with Gasteiger partial charge in [-0.3, -0.25) is 10.1 Å². The molecule has 17 heavy (non-hydrogen) atoms. The van der Waals surface area contributed by atoms with E-state index in [1.165, 1.54) is 12.8 Å². The standard InChI is InChI=1S/C12H15IN2O2/c1-8(6-9-2-3-9)14-11-5-4-10(13)7-12(11)15(16)17/h4-5,7-9,14H,2-3,6H2,1H3. The number of hydrogen-bond acceptors (Lipinski definition) is 3. The Kier molecular flexibility index (Phi) is 3.86. The van der Waals surface area contributed by atoms with Gasteiger partial charge in [-0.2, -0.15) is 0 Å². The lowest BCUT2D eigenvalue weighted by Crippen LogP contribution is -2.16. The molecule has 1 aromatic carbocycles. The van der Waals surface area contributed by atoms with Crippen LogP contribution in [-0.4, -0.2) is 11.0 Å². The molecular formula is C12H15IN2O2. The second-order valence-corrected chi connectivity index (χ2v) is 5.89. The molecule has 0 saturated heterocycles. The summed E-state index contributed by atoms with van der Waals surface area (Å²) in [5, 5.41) is 14.2. The van der Waals surface area contributed by atoms with Crippen LogP contribution < -0.4 is 5.32 Å². The summed E-state index contributed by atoms with van der Waals surface area (Å²) in [7, 11) is 0. The van der Waals surface area contributed by atoms with E-state index < -0.39 is 0 Å². The first-order valence-corrected chi connectivity index (χ1v) is 6.84. The maximum Gasteiger partial charge on any atom is 0.293 e. The van der Waals surface area contributed by atoms with Gasteiger partial charge in [-0.25, -0.2) is 0 Å². The van der Waals surface area contributed by atoms with E-state index in [-0.39, 0.29) is 10.6 Å². The molecule has 92 valence electrons. The minimum atomic E-state index is -0.325. The second kappa shape index (κ2) is 5.20. The number of nitrogens with one attached hydrogen (secondary N) is 1. The average molecular weight is 346 g/mol. The highest BCUT2D eigenvalue weighted by Gasteiger charge is 2.24. The molecule has 0 bridgehead atoms. The van der Waals surface area contributed by atoms with Crippen LogP contribution in [-0.2, 0) is 0 Å². The first-order valence-electron chi connectivity index (χ1n) is 5.76. The van der Waals surface area contributed by atoms with Crippen LogP contribution in [0.4, 0.5) is 11.4 Å². The van der Waals surface area contributed by atoms with Crippen molar-refractivity contribution in [3.8, 4) is 0 Å². The van der Waals surface area contributed by atoms with Crippen molar-refractivity contribution in [3.05, 3.63) is 31.9 Å². The van der Waals surface area contributed by atoms with Gasteiger partial charge in [-0.05, 0) is 54.0 Å². The van der Waals surface area contributed by atoms with Crippen LogP contribution >= 0.6 is 22.6 Å². The number of hydrogen-bond donors (Lipinski definition) is 1. The van der Waals surface area contributed by atoms with Crippen LogP contribution in [0.3, 0.4) is 0 Å². The van der Waals surface area contributed by atoms with Crippen LogP contribution in [0.2, 0.25) is 0 Å². The van der Waals surface area contributed by atoms with E-state index in [2.05, 4.69) is 34.8 Å². The number of benzene rings is 1. The van der Waals surface area contributed by atoms with Gasteiger partial charge < -0.3 is 5.32 Å². The molecule has 0 heterocycles. The number of nitro groups is 1. The third-order valence-electron chi connectivity index (χ3n) is 2.94. The molecule has 1 atom stereocenters. The first-order chi connectivity index (χ1) is 8.06. The molecule has 4 nitrogen and oxygen atoms in total. The van der Waals surface area contributed by atoms with Crippen LogP contribution in [0, 0.1) is 19.6 Å². The van der Waals surface area contributed by atoms with Crippen molar-refractivity contribution in [2.24, 2.45) is 5.92 Å². The molecule has 5 heteroatoms. The van der Waals surface area contributed by atoms with E-state index in [0.717, 1.165) is 15.9 Å². The average Bonchev–Trinajstić information content (AvgIpc) is 3.04. The smallest absolute Gasteiger partial charge is 0.293 e. The minimum absolute atomic E-state index is 0.166. The van der Waals surface area contributed by atoms with Gasteiger partial charge in [0.25, 0.3) is 5.69 Å². The van der Waals surface area contributed by atoms with Gasteiger partial charge in [0.05, 0.1) is 4.92 Å². The maximum absolute atomic E-state index is 11.0. The normalized spacial score (nSPS) is 16.6. The number of halogens is 1. The molecule has 1 saturated carbocycles. The summed E-state index contributed by atoms with van der Waals surface area (Å²) in [6.07, 6.45) is 3.71. The molecule has 0 radical (unpaired) electrons. The topological polar surface area (TPSA) is 55.2 Å². The summed E-state index contributed by atoms with van der Waals surface area (Å²) >= 11 is 2.09. The first kappa shape index (κ1) is 12.6. The van der Waals surface area contributed by atoms with Gasteiger partial charge in [-0.15, -0.1) is 0 Å². The molecular weight excluding hydrogens is 331 g/mol. The molecule has 0 aromatic heterocycles. The number of anilines is 1. The third kappa shape index (κ3) is 3.55. The van der Waals surface area contributed by atoms with Crippen LogP contribution in [0.25, 0.3) is 0 Å². The predicted molar refractivity (Wildman–Crippen MR) is 76.2 cm³/mol. The number of nitro benzene ring substituents is 1. The SMILES string of the molecule is CC(CC1CC1)Nc1ccc(I)cc1[N+](=O)[O-]. The van der Waals surface area contributed by atoms with Gasteiger partial charge in [0.1, 0.15) is 5.69 Å². The zero-order valence-corrected chi connectivity index (χ0v) is 11.8. The highest BCUT2D eigenvalue weighted by molar-refractivity contribution is 14.1. The van der Waals surface area contributed by atoms with Gasteiger partial charge in [0.2, 0.25) is 0 Å². The summed E-state index contributed by atoms with van der Waals surface area (Å²) in [5.41, 5.74) is 0.795. The van der Waals surface area contributed by atoms with Crippen LogP contribution in [0.15, 0.2) is 18.2 Å². The molecule has 1 aliphatic rings. The van der Waals surface area contributed by atoms with E-state index in [1.54, 1.807) is 12.1 Å². The fourth-order valence-electron chi connectivity index (χ4n) is 1.96. The predicted octanol–water partition coefficient (Wildman–Crippen LogP) is 3.80. The molecule has 1 fully saturated rings. The van der Waals surface area contributed by atoms with Crippen molar-refractivity contribution >= 4 is 34.0 Å². The Labute approximate surface area is 114 Å². The lowest BCUT2D eigenvalue weighted by atomic mass is 10.1. The summed E-state index contributed by atoms with van der Waals surface area (Å²) in [4.78, 5) is 10.6. The molecule has 0 aliphatic heterocycles. The lowest BCUT2D eigenvalue weighted by Gasteiger charge is -2.14. The van der Waals surface area contributed by atoms with Crippen molar-refractivity contribution in [2.75, 3.05) is 5.32 Å². The Morgan fingerprint density at radius 2 is 2.29 bits per heavy atom. The Balaban J connectivity index is 2.10. The zero-order valence-electron chi connectivity index (χ0n) is 9.65. The highest BCUT2D eigenvalue weighted by atomic mass is 127. The van der Waals surface area contributed by atoms with E-state index >= 15 is 0 Å². The van der Waals surface area contributed by atoms with Crippen molar-refractivity contribution < 1.29 is 4.92 Å². The van der Waals surface area contributed by atoms with E-state index in [1.807, 2.05) is 6.07 Å². The van der Waals surface area contributed by atoms with E-state index in [0.29, 0.717) is 11.7 Å². The maximum atomic E-state index is 11.0. The number of nitrogens with zero attached hydrogens (tertiary/aromatic N) is 1. The van der Waals surface area contributed by atoms with Crippen LogP contribution in [0.5, 0.6) is 0 Å². The summed E-state index contributed by atoms with van der Waals surface area (Å²) in [5.74, 6) is 0.820. The summed E-state index contributed by atoms with van der Waals surface area (Å²) in [6.45, 7) is 2.08. The van der Waals surface area contributed by atoms with Gasteiger partial charge in [0.15, 0.2) is 0 Å². The number of rotatable bonds is 5. The molecule has 1 aliphatic carbocycles. The molecule has 0 spiro atoms. The quantitative estimate of drug-likeness (QED) is 0.501. The Morgan fingerprint density at radius 1 is 1.59 bits per heavy atom. The lowest BCUT2D eigenvalue weighted by molar-refractivity contribution is -0.384. The van der Waals surface area contributed by atoms with Crippen LogP contribution in [0.1, 0.15) is 26.2 Å². The van der Waals surface area contributed by atoms with E-state index in [9.17, 15) is 10.1 Å². The van der Waals surface area contributed by atoms with Crippen molar-refractivity contribution in [1.82, 2.24) is 0 Å². The van der Waals surface area contributed by atoms with Crippen molar-refractivity contribution in [1.29, 1.82) is 0 Å². The summed E-state index contributed by atoms with van der Waals surface area (Å²) in [6, 6.07) is 5.58. The van der Waals surface area contributed by atoms with Gasteiger partial charge >= 0.3 is 0 Å². The molecule has 1 N–H and O–H groups in total. The Hall–Kier alpha value is -0.850. The highest BCUT2D eigenvalue weighted by Crippen LogP contribution is 2.35. The molecule has 1 aromatic rings. The van der Waals surface area contributed by atoms with Gasteiger partial charge in [0, 0.05) is 15.7 Å². The van der Waals surface area contributed by atoms with Crippen molar-refractivity contribution in [3.63, 3.8) is 0 Å². The molecule has 1 unspecified atom stereocenters. The second-order valence-electron chi connectivity index (χ2n) is 4.64. The minimum Gasteiger partial charge on any atom is -0.377 e. The summed E-state index contributed by atoms with van der Waals surface area (Å²) < 4.78 is 0.884. The fraction of sp³-hybridized carbons (Fsp3) is 0.500. The monoisotopic (exact) mass is 346 g/mol. The zero-order chi connectivity index (χ0) is 12.4. The Morgan fingerprint density at radius 3 is 2.88 bits per heavy atom. The van der Waals surface area contributed by atoms with Crippen molar-refractivity contribution in [2.45, 2.75) is 32.2 Å². The van der Waals surface area contributed by atoms with Gasteiger partial charge in [-0.1, -0.05) is 12.8 Å². The largest absolute Gasteiger partial charge is 0.377 e. The molecule has 0 amide bonds. The Bertz CT molecular complexity index is 433. The fourth-order valence-corrected chi connectivity index (χ4v) is 2.43.